The van der Waals surface area contributed by atoms with Crippen LogP contribution in [-0.4, -0.2) is 35.8 Å². The quantitative estimate of drug-likeness (QED) is 0.843. The maximum Gasteiger partial charge on any atom is 0.245 e. The summed E-state index contributed by atoms with van der Waals surface area (Å²) in [6, 6.07) is -0.266. The molecule has 0 spiro atoms. The maximum atomic E-state index is 12.6. The van der Waals surface area contributed by atoms with Crippen LogP contribution in [0.3, 0.4) is 0 Å². The van der Waals surface area contributed by atoms with Gasteiger partial charge in [-0.15, -0.1) is 0 Å². The Kier molecular flexibility index (Phi) is 3.88. The molecule has 2 aliphatic rings. The van der Waals surface area contributed by atoms with Crippen molar-refractivity contribution in [3.8, 4) is 0 Å². The average molecular weight is 266 g/mol. The molecule has 1 saturated heterocycles. The van der Waals surface area contributed by atoms with Gasteiger partial charge in [-0.2, -0.15) is 0 Å². The zero-order valence-corrected chi connectivity index (χ0v) is 12.5. The molecular formula is C15H26N2O2. The van der Waals surface area contributed by atoms with E-state index in [2.05, 4.69) is 33.0 Å². The number of hydrogen-bond donors (Lipinski definition) is 1. The summed E-state index contributed by atoms with van der Waals surface area (Å²) in [6.07, 6.45) is 2.57. The van der Waals surface area contributed by atoms with Crippen LogP contribution in [0.2, 0.25) is 0 Å². The van der Waals surface area contributed by atoms with Gasteiger partial charge in [-0.1, -0.05) is 27.7 Å². The highest BCUT2D eigenvalue weighted by atomic mass is 16.2. The molecular weight excluding hydrogens is 240 g/mol. The van der Waals surface area contributed by atoms with Crippen molar-refractivity contribution in [2.24, 2.45) is 17.3 Å². The van der Waals surface area contributed by atoms with Crippen LogP contribution in [0.25, 0.3) is 0 Å². The van der Waals surface area contributed by atoms with Crippen molar-refractivity contribution < 1.29 is 9.59 Å². The molecule has 0 aromatic heterocycles. The Labute approximate surface area is 115 Å². The molecule has 19 heavy (non-hydrogen) atoms. The van der Waals surface area contributed by atoms with Gasteiger partial charge in [0, 0.05) is 19.5 Å². The van der Waals surface area contributed by atoms with Crippen LogP contribution in [0.4, 0.5) is 0 Å². The number of amides is 2. The zero-order valence-electron chi connectivity index (χ0n) is 12.5. The fourth-order valence-corrected chi connectivity index (χ4v) is 2.43. The van der Waals surface area contributed by atoms with Gasteiger partial charge < -0.3 is 10.2 Å². The van der Waals surface area contributed by atoms with Crippen LogP contribution in [0.15, 0.2) is 0 Å². The molecule has 4 heteroatoms. The van der Waals surface area contributed by atoms with Gasteiger partial charge in [0.25, 0.3) is 0 Å². The van der Waals surface area contributed by atoms with Crippen molar-refractivity contribution >= 4 is 11.8 Å². The average Bonchev–Trinajstić information content (AvgIpc) is 3.13. The number of nitrogens with zero attached hydrogens (tertiary/aromatic N) is 1. The molecule has 0 aromatic carbocycles. The molecule has 2 fully saturated rings. The molecule has 0 radical (unpaired) electrons. The SMILES string of the molecule is CC(C)C(C)(C)CN1CCC(=O)NC(C2CC2)C1=O. The van der Waals surface area contributed by atoms with Crippen LogP contribution >= 0.6 is 0 Å². The third-order valence-corrected chi connectivity index (χ3v) is 4.76. The number of nitrogens with one attached hydrogen (secondary N) is 1. The predicted octanol–water partition coefficient (Wildman–Crippen LogP) is 1.80. The molecule has 1 unspecified atom stereocenters. The van der Waals surface area contributed by atoms with E-state index in [1.54, 1.807) is 0 Å². The first-order chi connectivity index (χ1) is 8.81. The van der Waals surface area contributed by atoms with Crippen molar-refractivity contribution in [1.29, 1.82) is 0 Å². The number of rotatable bonds is 4. The normalized spacial score (nSPS) is 25.5. The summed E-state index contributed by atoms with van der Waals surface area (Å²) in [5, 5.41) is 2.91. The first-order valence-corrected chi connectivity index (χ1v) is 7.39. The Bertz CT molecular complexity index is 372. The molecule has 108 valence electrons. The summed E-state index contributed by atoms with van der Waals surface area (Å²) >= 11 is 0. The van der Waals surface area contributed by atoms with E-state index in [0.29, 0.717) is 24.8 Å². The summed E-state index contributed by atoms with van der Waals surface area (Å²) in [7, 11) is 0. The highest BCUT2D eigenvalue weighted by Gasteiger charge is 2.42. The molecule has 1 aliphatic carbocycles. The van der Waals surface area contributed by atoms with Gasteiger partial charge in [-0.05, 0) is 30.1 Å². The molecule has 1 atom stereocenters. The third kappa shape index (κ3) is 3.28. The van der Waals surface area contributed by atoms with Crippen LogP contribution in [-0.2, 0) is 9.59 Å². The highest BCUT2D eigenvalue weighted by Crippen LogP contribution is 2.35. The van der Waals surface area contributed by atoms with Gasteiger partial charge in [-0.3, -0.25) is 9.59 Å². The van der Waals surface area contributed by atoms with E-state index in [9.17, 15) is 9.59 Å². The highest BCUT2D eigenvalue weighted by molar-refractivity contribution is 5.90. The third-order valence-electron chi connectivity index (χ3n) is 4.76. The smallest absolute Gasteiger partial charge is 0.245 e. The second kappa shape index (κ2) is 5.14. The van der Waals surface area contributed by atoms with Crippen LogP contribution in [0.1, 0.15) is 47.0 Å². The lowest BCUT2D eigenvalue weighted by atomic mass is 9.80. The van der Waals surface area contributed by atoms with Crippen molar-refractivity contribution in [3.63, 3.8) is 0 Å². The van der Waals surface area contributed by atoms with Crippen molar-refractivity contribution in [2.45, 2.75) is 53.0 Å². The lowest BCUT2D eigenvalue weighted by Gasteiger charge is -2.36. The maximum absolute atomic E-state index is 12.6. The summed E-state index contributed by atoms with van der Waals surface area (Å²) in [5.74, 6) is 1.03. The standard InChI is InChI=1S/C15H26N2O2/c1-10(2)15(3,4)9-17-8-7-12(18)16-13(14(17)19)11-5-6-11/h10-11,13H,5-9H2,1-4H3,(H,16,18). The molecule has 1 heterocycles. The van der Waals surface area contributed by atoms with Crippen LogP contribution in [0, 0.1) is 17.3 Å². The summed E-state index contributed by atoms with van der Waals surface area (Å²) in [4.78, 5) is 26.2. The lowest BCUT2D eigenvalue weighted by molar-refractivity contribution is -0.135. The minimum absolute atomic E-state index is 0.0232. The first kappa shape index (κ1) is 14.4. The number of hydrogen-bond acceptors (Lipinski definition) is 2. The fourth-order valence-electron chi connectivity index (χ4n) is 2.43. The van der Waals surface area contributed by atoms with Crippen molar-refractivity contribution in [1.82, 2.24) is 10.2 Å². The number of carbonyl (C=O) groups excluding carboxylic acids is 2. The Morgan fingerprint density at radius 1 is 1.32 bits per heavy atom. The Morgan fingerprint density at radius 2 is 1.95 bits per heavy atom. The second-order valence-corrected chi connectivity index (χ2v) is 7.04. The van der Waals surface area contributed by atoms with Gasteiger partial charge in [0.2, 0.25) is 11.8 Å². The van der Waals surface area contributed by atoms with Gasteiger partial charge in [-0.25, -0.2) is 0 Å². The Hall–Kier alpha value is -1.06. The minimum Gasteiger partial charge on any atom is -0.344 e. The van der Waals surface area contributed by atoms with E-state index < -0.39 is 0 Å². The van der Waals surface area contributed by atoms with E-state index in [4.69, 9.17) is 0 Å². The van der Waals surface area contributed by atoms with E-state index >= 15 is 0 Å². The first-order valence-electron chi connectivity index (χ1n) is 7.39. The van der Waals surface area contributed by atoms with E-state index in [-0.39, 0.29) is 23.3 Å². The predicted molar refractivity (Wildman–Crippen MR) is 74.5 cm³/mol. The summed E-state index contributed by atoms with van der Waals surface area (Å²) in [5.41, 5.74) is 0.0805. The number of carbonyl (C=O) groups is 2. The molecule has 4 nitrogen and oxygen atoms in total. The Balaban J connectivity index is 2.10. The van der Waals surface area contributed by atoms with E-state index in [1.807, 2.05) is 4.90 Å². The summed E-state index contributed by atoms with van der Waals surface area (Å²) < 4.78 is 0. The van der Waals surface area contributed by atoms with Gasteiger partial charge in [0.15, 0.2) is 0 Å². The zero-order chi connectivity index (χ0) is 14.2. The van der Waals surface area contributed by atoms with E-state index in [1.165, 1.54) is 0 Å². The van der Waals surface area contributed by atoms with Gasteiger partial charge >= 0.3 is 0 Å². The minimum atomic E-state index is -0.266. The lowest BCUT2D eigenvalue weighted by Crippen LogP contribution is -2.49. The van der Waals surface area contributed by atoms with Crippen LogP contribution < -0.4 is 5.32 Å². The van der Waals surface area contributed by atoms with Gasteiger partial charge in [0.1, 0.15) is 6.04 Å². The second-order valence-electron chi connectivity index (χ2n) is 7.04. The van der Waals surface area contributed by atoms with Gasteiger partial charge in [0.05, 0.1) is 0 Å². The van der Waals surface area contributed by atoms with E-state index in [0.717, 1.165) is 19.4 Å². The molecule has 2 rings (SSSR count). The molecule has 1 aliphatic heterocycles. The molecule has 2 amide bonds. The monoisotopic (exact) mass is 266 g/mol. The molecule has 1 N–H and O–H groups in total. The fraction of sp³-hybridized carbons (Fsp3) is 0.867. The Morgan fingerprint density at radius 3 is 2.47 bits per heavy atom. The summed E-state index contributed by atoms with van der Waals surface area (Å²) in [6.45, 7) is 10.0. The van der Waals surface area contributed by atoms with Crippen LogP contribution in [0.5, 0.6) is 0 Å². The van der Waals surface area contributed by atoms with Crippen molar-refractivity contribution in [3.05, 3.63) is 0 Å². The molecule has 0 aromatic rings. The molecule has 0 bridgehead atoms. The topological polar surface area (TPSA) is 49.4 Å². The molecule has 1 saturated carbocycles. The van der Waals surface area contributed by atoms with Crippen molar-refractivity contribution in [2.75, 3.05) is 13.1 Å². The largest absolute Gasteiger partial charge is 0.344 e.